The van der Waals surface area contributed by atoms with Crippen LogP contribution in [0.25, 0.3) is 6.08 Å². The molecule has 3 rings (SSSR count). The van der Waals surface area contributed by atoms with Gasteiger partial charge in [-0.25, -0.2) is 9.79 Å². The van der Waals surface area contributed by atoms with Crippen LogP contribution in [-0.2, 0) is 9.53 Å². The van der Waals surface area contributed by atoms with E-state index in [-0.39, 0.29) is 5.70 Å². The van der Waals surface area contributed by atoms with Crippen molar-refractivity contribution in [2.24, 2.45) is 4.99 Å². The molecule has 5 heteroatoms. The van der Waals surface area contributed by atoms with E-state index in [0.29, 0.717) is 5.90 Å². The Kier molecular flexibility index (Phi) is 3.60. The van der Waals surface area contributed by atoms with E-state index in [2.05, 4.69) is 32.6 Å². The number of aliphatic imine (C=N–C) groups is 1. The summed E-state index contributed by atoms with van der Waals surface area (Å²) in [4.78, 5) is 20.1. The highest BCUT2D eigenvalue weighted by Gasteiger charge is 2.25. The highest BCUT2D eigenvalue weighted by molar-refractivity contribution is 14.1. The number of nitrogens with zero attached hydrogens (tertiary/aromatic N) is 2. The smallest absolute Gasteiger partial charge is 0.363 e. The molecule has 0 aliphatic carbocycles. The molecule has 0 radical (unpaired) electrons. The molecule has 0 saturated carbocycles. The summed E-state index contributed by atoms with van der Waals surface area (Å²) in [7, 11) is 0. The third kappa shape index (κ3) is 2.62. The minimum Gasteiger partial charge on any atom is -0.402 e. The number of carbonyl (C=O) groups is 1. The molecule has 0 atom stereocenters. The molecule has 2 heterocycles. The first kappa shape index (κ1) is 13.0. The van der Waals surface area contributed by atoms with Gasteiger partial charge in [0.1, 0.15) is 0 Å². The van der Waals surface area contributed by atoms with Crippen LogP contribution in [0.15, 0.2) is 59.5 Å². The highest BCUT2D eigenvalue weighted by atomic mass is 127. The molecule has 0 fully saturated rings. The molecular formula is C15H9IN2O2. The third-order valence-electron chi connectivity index (χ3n) is 2.71. The minimum absolute atomic E-state index is 0.285. The number of ether oxygens (including phenoxy) is 1. The Balaban J connectivity index is 1.98. The van der Waals surface area contributed by atoms with Gasteiger partial charge in [0.25, 0.3) is 0 Å². The van der Waals surface area contributed by atoms with E-state index in [1.165, 1.54) is 0 Å². The molecule has 4 nitrogen and oxygen atoms in total. The van der Waals surface area contributed by atoms with Gasteiger partial charge in [-0.05, 0) is 52.4 Å². The van der Waals surface area contributed by atoms with E-state index in [4.69, 9.17) is 4.74 Å². The van der Waals surface area contributed by atoms with Gasteiger partial charge in [0, 0.05) is 16.0 Å². The molecule has 20 heavy (non-hydrogen) atoms. The molecule has 0 amide bonds. The van der Waals surface area contributed by atoms with Crippen molar-refractivity contribution in [3.63, 3.8) is 0 Å². The predicted molar refractivity (Wildman–Crippen MR) is 84.0 cm³/mol. The lowest BCUT2D eigenvalue weighted by atomic mass is 10.2. The molecule has 0 unspecified atom stereocenters. The zero-order valence-electron chi connectivity index (χ0n) is 10.3. The van der Waals surface area contributed by atoms with Crippen molar-refractivity contribution in [1.29, 1.82) is 0 Å². The van der Waals surface area contributed by atoms with Crippen LogP contribution < -0.4 is 0 Å². The molecule has 0 bridgehead atoms. The van der Waals surface area contributed by atoms with Crippen LogP contribution in [0.4, 0.5) is 0 Å². The fourth-order valence-electron chi connectivity index (χ4n) is 1.78. The van der Waals surface area contributed by atoms with Crippen molar-refractivity contribution < 1.29 is 9.53 Å². The Labute approximate surface area is 129 Å². The Bertz CT molecular complexity index is 724. The largest absolute Gasteiger partial charge is 0.402 e. The zero-order valence-corrected chi connectivity index (χ0v) is 12.4. The molecule has 0 N–H and O–H groups in total. The Morgan fingerprint density at radius 1 is 1.15 bits per heavy atom. The summed E-state index contributed by atoms with van der Waals surface area (Å²) in [5.74, 6) is -0.0985. The number of hydrogen-bond acceptors (Lipinski definition) is 4. The van der Waals surface area contributed by atoms with Gasteiger partial charge < -0.3 is 4.74 Å². The lowest BCUT2D eigenvalue weighted by molar-refractivity contribution is -0.129. The van der Waals surface area contributed by atoms with Gasteiger partial charge >= 0.3 is 5.97 Å². The standard InChI is InChI=1S/C15H9IN2O2/c16-12-6-2-1-5-11(12)14-18-13(15(19)20-14)8-10-4-3-7-17-9-10/h1-9H/b13-8-. The van der Waals surface area contributed by atoms with Gasteiger partial charge in [0.05, 0.1) is 5.56 Å². The monoisotopic (exact) mass is 376 g/mol. The van der Waals surface area contributed by atoms with Gasteiger partial charge in [-0.15, -0.1) is 0 Å². The number of esters is 1. The van der Waals surface area contributed by atoms with E-state index in [9.17, 15) is 4.79 Å². The summed E-state index contributed by atoms with van der Waals surface area (Å²) in [6.07, 6.45) is 5.01. The van der Waals surface area contributed by atoms with Crippen molar-refractivity contribution in [3.05, 3.63) is 69.2 Å². The Hall–Kier alpha value is -2.02. The number of benzene rings is 1. The number of cyclic esters (lactones) is 1. The van der Waals surface area contributed by atoms with Crippen molar-refractivity contribution in [2.75, 3.05) is 0 Å². The van der Waals surface area contributed by atoms with Crippen LogP contribution >= 0.6 is 22.6 Å². The lowest BCUT2D eigenvalue weighted by Gasteiger charge is -2.01. The molecule has 1 aromatic heterocycles. The minimum atomic E-state index is -0.441. The van der Waals surface area contributed by atoms with E-state index < -0.39 is 5.97 Å². The molecule has 1 aliphatic heterocycles. The van der Waals surface area contributed by atoms with Crippen LogP contribution in [0.1, 0.15) is 11.1 Å². The van der Waals surface area contributed by atoms with Crippen LogP contribution in [0, 0.1) is 3.57 Å². The summed E-state index contributed by atoms with van der Waals surface area (Å²) >= 11 is 2.19. The van der Waals surface area contributed by atoms with Crippen LogP contribution in [0.5, 0.6) is 0 Å². The lowest BCUT2D eigenvalue weighted by Crippen LogP contribution is -2.06. The summed E-state index contributed by atoms with van der Waals surface area (Å²) in [6.45, 7) is 0. The summed E-state index contributed by atoms with van der Waals surface area (Å²) in [6, 6.07) is 11.3. The van der Waals surface area contributed by atoms with E-state index >= 15 is 0 Å². The predicted octanol–water partition coefficient (Wildman–Crippen LogP) is 3.03. The quantitative estimate of drug-likeness (QED) is 0.460. The average Bonchev–Trinajstić information content (AvgIpc) is 2.81. The van der Waals surface area contributed by atoms with Gasteiger partial charge in [0.15, 0.2) is 5.70 Å². The van der Waals surface area contributed by atoms with Gasteiger partial charge in [-0.1, -0.05) is 18.2 Å². The van der Waals surface area contributed by atoms with Gasteiger partial charge in [0.2, 0.25) is 5.90 Å². The van der Waals surface area contributed by atoms with Gasteiger partial charge in [-0.3, -0.25) is 4.98 Å². The topological polar surface area (TPSA) is 51.5 Å². The fraction of sp³-hybridized carbons (Fsp3) is 0. The molecule has 0 saturated heterocycles. The number of carbonyl (C=O) groups excluding carboxylic acids is 1. The molecule has 2 aromatic rings. The van der Waals surface area contributed by atoms with E-state index in [1.54, 1.807) is 24.5 Å². The van der Waals surface area contributed by atoms with E-state index in [1.807, 2.05) is 30.3 Å². The fourth-order valence-corrected chi connectivity index (χ4v) is 2.40. The molecule has 1 aromatic carbocycles. The third-order valence-corrected chi connectivity index (χ3v) is 3.65. The summed E-state index contributed by atoms with van der Waals surface area (Å²) in [5, 5.41) is 0. The average molecular weight is 376 g/mol. The van der Waals surface area contributed by atoms with Crippen LogP contribution in [-0.4, -0.2) is 16.9 Å². The van der Waals surface area contributed by atoms with Crippen LogP contribution in [0.3, 0.4) is 0 Å². The SMILES string of the molecule is O=C1OC(c2ccccc2I)=N/C1=C\c1cccnc1. The first-order chi connectivity index (χ1) is 9.74. The first-order valence-corrected chi connectivity index (χ1v) is 6.99. The number of aromatic nitrogens is 1. The number of halogens is 1. The Morgan fingerprint density at radius 3 is 2.75 bits per heavy atom. The normalized spacial score (nSPS) is 16.1. The second-order valence-corrected chi connectivity index (χ2v) is 5.26. The van der Waals surface area contributed by atoms with Crippen molar-refractivity contribution in [1.82, 2.24) is 4.98 Å². The van der Waals surface area contributed by atoms with Gasteiger partial charge in [-0.2, -0.15) is 0 Å². The number of hydrogen-bond donors (Lipinski definition) is 0. The first-order valence-electron chi connectivity index (χ1n) is 5.91. The molecular weight excluding hydrogens is 367 g/mol. The molecule has 0 spiro atoms. The summed E-state index contributed by atoms with van der Waals surface area (Å²) < 4.78 is 6.22. The maximum Gasteiger partial charge on any atom is 0.363 e. The van der Waals surface area contributed by atoms with Crippen molar-refractivity contribution in [3.8, 4) is 0 Å². The van der Waals surface area contributed by atoms with E-state index in [0.717, 1.165) is 14.7 Å². The second-order valence-electron chi connectivity index (χ2n) is 4.10. The van der Waals surface area contributed by atoms with Crippen LogP contribution in [0.2, 0.25) is 0 Å². The summed E-state index contributed by atoms with van der Waals surface area (Å²) in [5.41, 5.74) is 1.91. The molecule has 98 valence electrons. The molecule has 1 aliphatic rings. The number of rotatable bonds is 2. The maximum atomic E-state index is 11.8. The number of pyridine rings is 1. The van der Waals surface area contributed by atoms with Crippen molar-refractivity contribution >= 4 is 40.5 Å². The Morgan fingerprint density at radius 2 is 2.00 bits per heavy atom. The van der Waals surface area contributed by atoms with Crippen molar-refractivity contribution in [2.45, 2.75) is 0 Å². The second kappa shape index (κ2) is 5.54. The maximum absolute atomic E-state index is 11.8. The zero-order chi connectivity index (χ0) is 13.9. The highest BCUT2D eigenvalue weighted by Crippen LogP contribution is 2.21.